The molecule has 1 aliphatic heterocycles. The maximum atomic E-state index is 12.3. The van der Waals surface area contributed by atoms with Crippen molar-refractivity contribution in [1.29, 1.82) is 0 Å². The Hall–Kier alpha value is -1.63. The van der Waals surface area contributed by atoms with Gasteiger partial charge < -0.3 is 24.4 Å². The predicted octanol–water partition coefficient (Wildman–Crippen LogP) is 3.29. The van der Waals surface area contributed by atoms with Crippen molar-refractivity contribution in [3.05, 3.63) is 35.9 Å². The molecule has 1 aliphatic rings. The van der Waals surface area contributed by atoms with Crippen molar-refractivity contribution in [2.75, 3.05) is 39.3 Å². The lowest BCUT2D eigenvalue weighted by Gasteiger charge is -2.27. The Morgan fingerprint density at radius 2 is 1.86 bits per heavy atom. The van der Waals surface area contributed by atoms with E-state index >= 15 is 0 Å². The maximum absolute atomic E-state index is 12.3. The number of hydrogen-bond acceptors (Lipinski definition) is 5. The molecule has 1 aromatic carbocycles. The van der Waals surface area contributed by atoms with Gasteiger partial charge in [0, 0.05) is 32.8 Å². The van der Waals surface area contributed by atoms with Crippen molar-refractivity contribution in [2.45, 2.75) is 58.3 Å². The van der Waals surface area contributed by atoms with Crippen LogP contribution in [0.3, 0.4) is 0 Å². The molecule has 0 radical (unpaired) electrons. The first kappa shape index (κ1) is 22.7. The van der Waals surface area contributed by atoms with Gasteiger partial charge in [-0.15, -0.1) is 0 Å². The average molecular weight is 393 g/mol. The molecule has 1 amide bonds. The second-order valence-electron chi connectivity index (χ2n) is 8.38. The molecule has 0 aromatic heterocycles. The van der Waals surface area contributed by atoms with Crippen molar-refractivity contribution in [3.63, 3.8) is 0 Å². The van der Waals surface area contributed by atoms with E-state index in [1.165, 1.54) is 0 Å². The van der Waals surface area contributed by atoms with Crippen LogP contribution in [0.15, 0.2) is 30.3 Å². The highest BCUT2D eigenvalue weighted by atomic mass is 16.6. The molecule has 1 fully saturated rings. The summed E-state index contributed by atoms with van der Waals surface area (Å²) in [4.78, 5) is 16.5. The Morgan fingerprint density at radius 1 is 1.11 bits per heavy atom. The van der Waals surface area contributed by atoms with E-state index in [1.807, 2.05) is 43.9 Å². The molecule has 6 nitrogen and oxygen atoms in total. The molecule has 1 N–H and O–H groups in total. The quantitative estimate of drug-likeness (QED) is 0.736. The lowest BCUT2D eigenvalue weighted by molar-refractivity contribution is 0.0125. The van der Waals surface area contributed by atoms with Gasteiger partial charge in [0.1, 0.15) is 5.60 Å². The van der Waals surface area contributed by atoms with Crippen LogP contribution in [-0.2, 0) is 16.1 Å². The molecule has 158 valence electrons. The first-order chi connectivity index (χ1) is 13.4. The summed E-state index contributed by atoms with van der Waals surface area (Å²) >= 11 is 0. The smallest absolute Gasteiger partial charge is 0.410 e. The summed E-state index contributed by atoms with van der Waals surface area (Å²) in [5.41, 5.74) is 0.685. The molecule has 2 rings (SSSR count). The predicted molar refractivity (Wildman–Crippen MR) is 110 cm³/mol. The number of rotatable bonds is 8. The van der Waals surface area contributed by atoms with Crippen LogP contribution < -0.4 is 0 Å². The molecule has 1 aromatic rings. The van der Waals surface area contributed by atoms with Crippen LogP contribution in [0.1, 0.15) is 45.6 Å². The van der Waals surface area contributed by atoms with Gasteiger partial charge in [0.25, 0.3) is 0 Å². The number of carbonyl (C=O) groups is 1. The Morgan fingerprint density at radius 3 is 2.54 bits per heavy atom. The summed E-state index contributed by atoms with van der Waals surface area (Å²) in [7, 11) is 0. The van der Waals surface area contributed by atoms with E-state index in [9.17, 15) is 9.90 Å². The first-order valence-electron chi connectivity index (χ1n) is 10.3. The molecule has 28 heavy (non-hydrogen) atoms. The van der Waals surface area contributed by atoms with E-state index in [0.717, 1.165) is 44.6 Å². The fraction of sp³-hybridized carbons (Fsp3) is 0.682. The minimum Gasteiger partial charge on any atom is -0.444 e. The monoisotopic (exact) mass is 392 g/mol. The Balaban J connectivity index is 1.76. The molecule has 1 atom stereocenters. The summed E-state index contributed by atoms with van der Waals surface area (Å²) in [5, 5.41) is 9.35. The molecular formula is C22H36N2O4. The SMILES string of the molecule is CC(C)(C)OC(=O)N1CCCN(CCC(CCO)OCc2ccccc2)CC1. The second-order valence-corrected chi connectivity index (χ2v) is 8.38. The van der Waals surface area contributed by atoms with E-state index in [4.69, 9.17) is 9.47 Å². The van der Waals surface area contributed by atoms with Gasteiger partial charge in [0.15, 0.2) is 0 Å². The van der Waals surface area contributed by atoms with Gasteiger partial charge in [-0.25, -0.2) is 4.79 Å². The Labute approximate surface area is 169 Å². The highest BCUT2D eigenvalue weighted by Crippen LogP contribution is 2.14. The standard InChI is InChI=1S/C22H36N2O4/c1-22(2,3)28-21(26)24-13-7-12-23(15-16-24)14-10-20(11-17-25)27-18-19-8-5-4-6-9-19/h4-6,8-9,20,25H,7,10-18H2,1-3H3. The van der Waals surface area contributed by atoms with Gasteiger partial charge in [-0.2, -0.15) is 0 Å². The Kier molecular flexibility index (Phi) is 9.22. The van der Waals surface area contributed by atoms with E-state index in [-0.39, 0.29) is 18.8 Å². The number of aliphatic hydroxyl groups is 1. The molecule has 1 unspecified atom stereocenters. The Bertz CT molecular complexity index is 574. The zero-order valence-corrected chi connectivity index (χ0v) is 17.6. The highest BCUT2D eigenvalue weighted by molar-refractivity contribution is 5.68. The molecule has 0 spiro atoms. The third kappa shape index (κ3) is 8.59. The maximum Gasteiger partial charge on any atom is 0.410 e. The van der Waals surface area contributed by atoms with Gasteiger partial charge >= 0.3 is 6.09 Å². The summed E-state index contributed by atoms with van der Waals surface area (Å²) in [6, 6.07) is 10.1. The first-order valence-corrected chi connectivity index (χ1v) is 10.3. The van der Waals surface area contributed by atoms with E-state index in [0.29, 0.717) is 19.6 Å². The zero-order chi connectivity index (χ0) is 20.4. The normalized spacial score (nSPS) is 17.2. The lowest BCUT2D eigenvalue weighted by Crippen LogP contribution is -2.39. The lowest BCUT2D eigenvalue weighted by atomic mass is 10.1. The fourth-order valence-electron chi connectivity index (χ4n) is 3.27. The van der Waals surface area contributed by atoms with Crippen molar-refractivity contribution >= 4 is 6.09 Å². The van der Waals surface area contributed by atoms with Gasteiger partial charge in [-0.05, 0) is 52.1 Å². The van der Waals surface area contributed by atoms with E-state index < -0.39 is 5.60 Å². The van der Waals surface area contributed by atoms with Crippen LogP contribution in [0.2, 0.25) is 0 Å². The number of amides is 1. The summed E-state index contributed by atoms with van der Waals surface area (Å²) in [6.45, 7) is 10.5. The van der Waals surface area contributed by atoms with Crippen LogP contribution in [0.4, 0.5) is 4.79 Å². The molecule has 6 heteroatoms. The van der Waals surface area contributed by atoms with Crippen LogP contribution in [0.25, 0.3) is 0 Å². The number of nitrogens with zero attached hydrogens (tertiary/aromatic N) is 2. The highest BCUT2D eigenvalue weighted by Gasteiger charge is 2.24. The van der Waals surface area contributed by atoms with Crippen molar-refractivity contribution in [2.24, 2.45) is 0 Å². The largest absolute Gasteiger partial charge is 0.444 e. The number of aliphatic hydroxyl groups excluding tert-OH is 1. The molecule has 0 bridgehead atoms. The van der Waals surface area contributed by atoms with E-state index in [2.05, 4.69) is 17.0 Å². The number of carbonyl (C=O) groups excluding carboxylic acids is 1. The van der Waals surface area contributed by atoms with Crippen molar-refractivity contribution in [1.82, 2.24) is 9.80 Å². The van der Waals surface area contributed by atoms with Crippen LogP contribution in [0.5, 0.6) is 0 Å². The molecule has 0 saturated carbocycles. The van der Waals surface area contributed by atoms with Gasteiger partial charge in [0.05, 0.1) is 12.7 Å². The summed E-state index contributed by atoms with van der Waals surface area (Å²) in [5.74, 6) is 0. The zero-order valence-electron chi connectivity index (χ0n) is 17.6. The topological polar surface area (TPSA) is 62.2 Å². The van der Waals surface area contributed by atoms with Crippen molar-refractivity contribution in [3.8, 4) is 0 Å². The van der Waals surface area contributed by atoms with Crippen LogP contribution in [-0.4, -0.2) is 72.0 Å². The van der Waals surface area contributed by atoms with Crippen LogP contribution >= 0.6 is 0 Å². The number of ether oxygens (including phenoxy) is 2. The molecule has 1 saturated heterocycles. The van der Waals surface area contributed by atoms with Crippen LogP contribution in [0, 0.1) is 0 Å². The third-order valence-electron chi connectivity index (χ3n) is 4.79. The fourth-order valence-corrected chi connectivity index (χ4v) is 3.27. The number of benzene rings is 1. The average Bonchev–Trinajstić information content (AvgIpc) is 2.89. The minimum atomic E-state index is -0.462. The van der Waals surface area contributed by atoms with Crippen molar-refractivity contribution < 1.29 is 19.4 Å². The van der Waals surface area contributed by atoms with E-state index in [1.54, 1.807) is 0 Å². The molecule has 0 aliphatic carbocycles. The molecular weight excluding hydrogens is 356 g/mol. The number of hydrogen-bond donors (Lipinski definition) is 1. The third-order valence-corrected chi connectivity index (χ3v) is 4.79. The van der Waals surface area contributed by atoms with Gasteiger partial charge in [-0.1, -0.05) is 30.3 Å². The summed E-state index contributed by atoms with van der Waals surface area (Å²) < 4.78 is 11.5. The summed E-state index contributed by atoms with van der Waals surface area (Å²) in [6.07, 6.45) is 2.27. The second kappa shape index (κ2) is 11.4. The minimum absolute atomic E-state index is 0.0374. The van der Waals surface area contributed by atoms with Gasteiger partial charge in [0.2, 0.25) is 0 Å². The molecule has 1 heterocycles. The van der Waals surface area contributed by atoms with Gasteiger partial charge in [-0.3, -0.25) is 0 Å².